The quantitative estimate of drug-likeness (QED) is 0.241. The summed E-state index contributed by atoms with van der Waals surface area (Å²) in [7, 11) is 0. The molecular formula is C6H8N2O4. The number of hydrogen-bond donors (Lipinski definition) is 1. The highest BCUT2D eigenvalue weighted by Gasteiger charge is 2.00. The summed E-state index contributed by atoms with van der Waals surface area (Å²) in [5, 5.41) is 8.84. The third kappa shape index (κ3) is 6.80. The lowest BCUT2D eigenvalue weighted by Gasteiger charge is -2.05. The van der Waals surface area contributed by atoms with Gasteiger partial charge in [0.2, 0.25) is 12.2 Å². The Labute approximate surface area is 68.6 Å². The monoisotopic (exact) mass is 172 g/mol. The van der Waals surface area contributed by atoms with Crippen LogP contribution in [0.4, 0.5) is 0 Å². The molecule has 0 heterocycles. The van der Waals surface area contributed by atoms with Crippen molar-refractivity contribution < 1.29 is 19.4 Å². The third-order valence-corrected chi connectivity index (χ3v) is 0.890. The van der Waals surface area contributed by atoms with E-state index in [4.69, 9.17) is 5.11 Å². The smallest absolute Gasteiger partial charge is 0.235 e. The Hall–Kier alpha value is -1.32. The van der Waals surface area contributed by atoms with Crippen molar-refractivity contribution in [2.24, 2.45) is 9.98 Å². The van der Waals surface area contributed by atoms with Gasteiger partial charge in [0.25, 0.3) is 0 Å². The molecule has 0 radical (unpaired) electrons. The average Bonchev–Trinajstić information content (AvgIpc) is 2.09. The fourth-order valence-electron chi connectivity index (χ4n) is 0.448. The molecule has 0 rings (SSSR count). The van der Waals surface area contributed by atoms with Gasteiger partial charge in [-0.15, -0.1) is 0 Å². The first-order chi connectivity index (χ1) is 5.81. The van der Waals surface area contributed by atoms with Crippen molar-refractivity contribution in [3.05, 3.63) is 0 Å². The van der Waals surface area contributed by atoms with Crippen LogP contribution in [0.15, 0.2) is 9.98 Å². The zero-order chi connectivity index (χ0) is 9.23. The van der Waals surface area contributed by atoms with Crippen LogP contribution in [-0.2, 0) is 14.3 Å². The number of isocyanates is 2. The summed E-state index contributed by atoms with van der Waals surface area (Å²) in [6, 6.07) is 0. The molecule has 0 aliphatic heterocycles. The summed E-state index contributed by atoms with van der Waals surface area (Å²) in [5.74, 6) is 0. The van der Waals surface area contributed by atoms with Gasteiger partial charge in [0.1, 0.15) is 6.54 Å². The first kappa shape index (κ1) is 10.7. The van der Waals surface area contributed by atoms with E-state index < -0.39 is 6.29 Å². The van der Waals surface area contributed by atoms with E-state index in [2.05, 4.69) is 14.7 Å². The standard InChI is InChI=1S/C6H8N2O4/c9-4-7-1-2-12-6(11)3-8-5-10/h6,11H,1-3H2. The van der Waals surface area contributed by atoms with Gasteiger partial charge in [-0.1, -0.05) is 0 Å². The van der Waals surface area contributed by atoms with Crippen LogP contribution in [0.25, 0.3) is 0 Å². The van der Waals surface area contributed by atoms with Crippen molar-refractivity contribution >= 4 is 12.2 Å². The Morgan fingerprint density at radius 2 is 2.00 bits per heavy atom. The Balaban J connectivity index is 3.36. The van der Waals surface area contributed by atoms with Gasteiger partial charge in [0.15, 0.2) is 6.29 Å². The van der Waals surface area contributed by atoms with E-state index in [-0.39, 0.29) is 19.7 Å². The minimum Gasteiger partial charge on any atom is -0.366 e. The van der Waals surface area contributed by atoms with Gasteiger partial charge in [-0.2, -0.15) is 0 Å². The number of nitrogens with zero attached hydrogens (tertiary/aromatic N) is 2. The molecule has 0 aromatic rings. The molecule has 0 aliphatic carbocycles. The van der Waals surface area contributed by atoms with E-state index in [0.717, 1.165) is 0 Å². The summed E-state index contributed by atoms with van der Waals surface area (Å²) < 4.78 is 4.66. The predicted molar refractivity (Wildman–Crippen MR) is 37.9 cm³/mol. The number of carbonyl (C=O) groups excluding carboxylic acids is 2. The molecule has 1 N–H and O–H groups in total. The van der Waals surface area contributed by atoms with Gasteiger partial charge in [-0.05, 0) is 0 Å². The molecule has 6 nitrogen and oxygen atoms in total. The molecular weight excluding hydrogens is 164 g/mol. The number of aliphatic imine (C=N–C) groups is 2. The summed E-state index contributed by atoms with van der Waals surface area (Å²) in [4.78, 5) is 25.4. The van der Waals surface area contributed by atoms with E-state index >= 15 is 0 Å². The number of aliphatic hydroxyl groups excluding tert-OH is 1. The molecule has 0 saturated heterocycles. The predicted octanol–water partition coefficient (Wildman–Crippen LogP) is -1.01. The maximum Gasteiger partial charge on any atom is 0.235 e. The summed E-state index contributed by atoms with van der Waals surface area (Å²) >= 11 is 0. The second kappa shape index (κ2) is 7.78. The van der Waals surface area contributed by atoms with Gasteiger partial charge in [-0.3, -0.25) is 0 Å². The lowest BCUT2D eigenvalue weighted by molar-refractivity contribution is -0.0878. The SMILES string of the molecule is O=C=NCCOC(O)CN=C=O. The van der Waals surface area contributed by atoms with Gasteiger partial charge in [0, 0.05) is 0 Å². The topological polar surface area (TPSA) is 88.3 Å². The van der Waals surface area contributed by atoms with E-state index in [0.29, 0.717) is 0 Å². The van der Waals surface area contributed by atoms with E-state index in [1.54, 1.807) is 0 Å². The van der Waals surface area contributed by atoms with E-state index in [1.807, 2.05) is 0 Å². The van der Waals surface area contributed by atoms with Crippen LogP contribution < -0.4 is 0 Å². The van der Waals surface area contributed by atoms with Crippen molar-refractivity contribution in [1.82, 2.24) is 0 Å². The molecule has 0 spiro atoms. The average molecular weight is 172 g/mol. The maximum absolute atomic E-state index is 9.56. The molecule has 0 aromatic carbocycles. The fraction of sp³-hybridized carbons (Fsp3) is 0.667. The second-order valence-electron chi connectivity index (χ2n) is 1.73. The van der Waals surface area contributed by atoms with Crippen molar-refractivity contribution in [2.75, 3.05) is 19.7 Å². The second-order valence-corrected chi connectivity index (χ2v) is 1.73. The molecule has 12 heavy (non-hydrogen) atoms. The third-order valence-electron chi connectivity index (χ3n) is 0.890. The summed E-state index contributed by atoms with van der Waals surface area (Å²) in [6.07, 6.45) is 1.42. The Bertz CT molecular complexity index is 206. The van der Waals surface area contributed by atoms with Crippen LogP contribution in [0.2, 0.25) is 0 Å². The molecule has 0 bridgehead atoms. The highest BCUT2D eigenvalue weighted by molar-refractivity contribution is 5.33. The maximum atomic E-state index is 9.56. The number of rotatable bonds is 6. The molecule has 6 heteroatoms. The molecule has 0 saturated carbocycles. The summed E-state index contributed by atoms with van der Waals surface area (Å²) in [5.41, 5.74) is 0. The first-order valence-electron chi connectivity index (χ1n) is 3.18. The molecule has 1 atom stereocenters. The first-order valence-corrected chi connectivity index (χ1v) is 3.18. The normalized spacial score (nSPS) is 11.1. The molecule has 0 amide bonds. The zero-order valence-electron chi connectivity index (χ0n) is 6.27. The molecule has 66 valence electrons. The fourth-order valence-corrected chi connectivity index (χ4v) is 0.448. The summed E-state index contributed by atoms with van der Waals surface area (Å²) in [6.45, 7) is 0.0600. The number of aliphatic hydroxyl groups is 1. The van der Waals surface area contributed by atoms with Gasteiger partial charge >= 0.3 is 0 Å². The Morgan fingerprint density at radius 1 is 1.33 bits per heavy atom. The van der Waals surface area contributed by atoms with Crippen LogP contribution >= 0.6 is 0 Å². The Kier molecular flexibility index (Phi) is 6.93. The van der Waals surface area contributed by atoms with Gasteiger partial charge in [-0.25, -0.2) is 19.6 Å². The largest absolute Gasteiger partial charge is 0.366 e. The minimum absolute atomic E-state index is 0.0881. The van der Waals surface area contributed by atoms with Gasteiger partial charge < -0.3 is 9.84 Å². The van der Waals surface area contributed by atoms with Crippen LogP contribution in [0, 0.1) is 0 Å². The van der Waals surface area contributed by atoms with Crippen molar-refractivity contribution in [3.8, 4) is 0 Å². The molecule has 1 unspecified atom stereocenters. The zero-order valence-corrected chi connectivity index (χ0v) is 6.27. The van der Waals surface area contributed by atoms with Gasteiger partial charge in [0.05, 0.1) is 13.2 Å². The van der Waals surface area contributed by atoms with Crippen LogP contribution in [0.5, 0.6) is 0 Å². The van der Waals surface area contributed by atoms with Crippen molar-refractivity contribution in [1.29, 1.82) is 0 Å². The van der Waals surface area contributed by atoms with E-state index in [1.165, 1.54) is 12.2 Å². The Morgan fingerprint density at radius 3 is 2.58 bits per heavy atom. The lowest BCUT2D eigenvalue weighted by atomic mass is 10.6. The van der Waals surface area contributed by atoms with Crippen LogP contribution in [-0.4, -0.2) is 43.3 Å². The molecule has 0 aromatic heterocycles. The van der Waals surface area contributed by atoms with Crippen molar-refractivity contribution in [3.63, 3.8) is 0 Å². The number of hydrogen-bond acceptors (Lipinski definition) is 6. The highest BCUT2D eigenvalue weighted by atomic mass is 16.6. The lowest BCUT2D eigenvalue weighted by Crippen LogP contribution is -2.17. The van der Waals surface area contributed by atoms with Crippen LogP contribution in [0.3, 0.4) is 0 Å². The van der Waals surface area contributed by atoms with E-state index in [9.17, 15) is 9.59 Å². The van der Waals surface area contributed by atoms with Crippen LogP contribution in [0.1, 0.15) is 0 Å². The minimum atomic E-state index is -1.15. The number of ether oxygens (including phenoxy) is 1. The molecule has 0 aliphatic rings. The molecule has 0 fully saturated rings. The van der Waals surface area contributed by atoms with Crippen molar-refractivity contribution in [2.45, 2.75) is 6.29 Å². The highest BCUT2D eigenvalue weighted by Crippen LogP contribution is 1.86.